The van der Waals surface area contributed by atoms with Gasteiger partial charge in [0.05, 0.1) is 6.61 Å². The minimum absolute atomic E-state index is 0.00988. The Morgan fingerprint density at radius 3 is 2.46 bits per heavy atom. The minimum atomic E-state index is -1.20. The summed E-state index contributed by atoms with van der Waals surface area (Å²) in [6.07, 6.45) is 0. The Bertz CT molecular complexity index is 714. The number of carboxylic acids is 1. The van der Waals surface area contributed by atoms with E-state index in [0.717, 1.165) is 0 Å². The van der Waals surface area contributed by atoms with Crippen molar-refractivity contribution in [3.63, 3.8) is 0 Å². The maximum absolute atomic E-state index is 12.3. The van der Waals surface area contributed by atoms with Crippen LogP contribution in [-0.2, 0) is 10.2 Å². The standard InChI is InChI=1S/C19H21NO4/c1-3-24-16-11-7-8-14(12-16)17(21)20-13-19(2,18(22)23)15-9-5-4-6-10-15/h4-12H,3,13H2,1-2H3,(H,20,21)(H,22,23). The first-order valence-electron chi connectivity index (χ1n) is 7.77. The Labute approximate surface area is 141 Å². The number of hydrogen-bond donors (Lipinski definition) is 2. The molecule has 0 radical (unpaired) electrons. The number of aliphatic carboxylic acids is 1. The fourth-order valence-corrected chi connectivity index (χ4v) is 2.36. The Morgan fingerprint density at radius 1 is 1.12 bits per heavy atom. The van der Waals surface area contributed by atoms with Gasteiger partial charge in [-0.05, 0) is 37.6 Å². The van der Waals surface area contributed by atoms with Gasteiger partial charge < -0.3 is 15.2 Å². The molecule has 5 nitrogen and oxygen atoms in total. The van der Waals surface area contributed by atoms with Gasteiger partial charge >= 0.3 is 5.97 Å². The van der Waals surface area contributed by atoms with Crippen molar-refractivity contribution in [2.45, 2.75) is 19.3 Å². The van der Waals surface area contributed by atoms with Crippen LogP contribution in [0.5, 0.6) is 5.75 Å². The van der Waals surface area contributed by atoms with E-state index in [1.165, 1.54) is 0 Å². The van der Waals surface area contributed by atoms with Crippen molar-refractivity contribution in [1.82, 2.24) is 5.32 Å². The molecule has 2 rings (SSSR count). The van der Waals surface area contributed by atoms with Crippen LogP contribution in [0.3, 0.4) is 0 Å². The minimum Gasteiger partial charge on any atom is -0.494 e. The summed E-state index contributed by atoms with van der Waals surface area (Å²) in [5.74, 6) is -0.716. The van der Waals surface area contributed by atoms with Gasteiger partial charge in [-0.15, -0.1) is 0 Å². The van der Waals surface area contributed by atoms with Gasteiger partial charge in [-0.1, -0.05) is 36.4 Å². The van der Waals surface area contributed by atoms with Crippen LogP contribution >= 0.6 is 0 Å². The summed E-state index contributed by atoms with van der Waals surface area (Å²) in [5.41, 5.74) is -0.128. The van der Waals surface area contributed by atoms with Crippen LogP contribution in [0.15, 0.2) is 54.6 Å². The summed E-state index contributed by atoms with van der Waals surface area (Å²) >= 11 is 0. The number of hydrogen-bond acceptors (Lipinski definition) is 3. The lowest BCUT2D eigenvalue weighted by Gasteiger charge is -2.25. The van der Waals surface area contributed by atoms with Crippen molar-refractivity contribution in [2.24, 2.45) is 0 Å². The molecule has 0 aliphatic rings. The van der Waals surface area contributed by atoms with Gasteiger partial charge in [0.15, 0.2) is 0 Å². The van der Waals surface area contributed by atoms with E-state index in [1.807, 2.05) is 13.0 Å². The molecule has 0 saturated heterocycles. The molecule has 2 N–H and O–H groups in total. The van der Waals surface area contributed by atoms with Gasteiger partial charge in [-0.2, -0.15) is 0 Å². The summed E-state index contributed by atoms with van der Waals surface area (Å²) in [6.45, 7) is 3.96. The highest BCUT2D eigenvalue weighted by Crippen LogP contribution is 2.23. The molecule has 1 atom stereocenters. The second kappa shape index (κ2) is 7.64. The zero-order valence-corrected chi connectivity index (χ0v) is 13.8. The van der Waals surface area contributed by atoms with Crippen molar-refractivity contribution in [2.75, 3.05) is 13.2 Å². The summed E-state index contributed by atoms with van der Waals surface area (Å²) in [7, 11) is 0. The van der Waals surface area contributed by atoms with Gasteiger partial charge in [-0.3, -0.25) is 9.59 Å². The second-order valence-electron chi connectivity index (χ2n) is 5.65. The van der Waals surface area contributed by atoms with Crippen LogP contribution in [0.1, 0.15) is 29.8 Å². The van der Waals surface area contributed by atoms with Crippen LogP contribution in [-0.4, -0.2) is 30.1 Å². The lowest BCUT2D eigenvalue weighted by Crippen LogP contribution is -2.44. The van der Waals surface area contributed by atoms with Crippen LogP contribution in [0.2, 0.25) is 0 Å². The maximum Gasteiger partial charge on any atom is 0.315 e. The summed E-state index contributed by atoms with van der Waals surface area (Å²) in [4.78, 5) is 24.1. The fraction of sp³-hybridized carbons (Fsp3) is 0.263. The number of carboxylic acid groups (broad SMARTS) is 1. The molecule has 5 heteroatoms. The number of carbonyl (C=O) groups is 2. The fourth-order valence-electron chi connectivity index (χ4n) is 2.36. The highest BCUT2D eigenvalue weighted by molar-refractivity contribution is 5.95. The molecule has 0 aliphatic heterocycles. The van der Waals surface area contributed by atoms with Gasteiger partial charge in [0.1, 0.15) is 11.2 Å². The average molecular weight is 327 g/mol. The molecule has 24 heavy (non-hydrogen) atoms. The third-order valence-electron chi connectivity index (χ3n) is 3.89. The molecule has 0 saturated carbocycles. The molecule has 0 aliphatic carbocycles. The number of ether oxygens (including phenoxy) is 1. The molecule has 0 heterocycles. The van der Waals surface area contributed by atoms with E-state index in [9.17, 15) is 14.7 Å². The van der Waals surface area contributed by atoms with Gasteiger partial charge in [0, 0.05) is 12.1 Å². The van der Waals surface area contributed by atoms with Crippen LogP contribution in [0.4, 0.5) is 0 Å². The lowest BCUT2D eigenvalue weighted by atomic mass is 9.82. The molecule has 1 amide bonds. The number of benzene rings is 2. The first-order chi connectivity index (χ1) is 11.5. The maximum atomic E-state index is 12.3. The average Bonchev–Trinajstić information content (AvgIpc) is 2.60. The predicted octanol–water partition coefficient (Wildman–Crippen LogP) is 2.86. The topological polar surface area (TPSA) is 75.6 Å². The highest BCUT2D eigenvalue weighted by Gasteiger charge is 2.35. The molecule has 2 aromatic carbocycles. The highest BCUT2D eigenvalue weighted by atomic mass is 16.5. The van der Waals surface area contributed by atoms with E-state index in [4.69, 9.17) is 4.74 Å². The number of amides is 1. The van der Waals surface area contributed by atoms with Crippen molar-refractivity contribution < 1.29 is 19.4 Å². The third kappa shape index (κ3) is 3.93. The molecule has 0 bridgehead atoms. The summed E-state index contributed by atoms with van der Waals surface area (Å²) in [5, 5.41) is 12.3. The number of nitrogens with one attached hydrogen (secondary N) is 1. The molecule has 2 aromatic rings. The Morgan fingerprint density at radius 2 is 1.83 bits per heavy atom. The van der Waals surface area contributed by atoms with E-state index in [-0.39, 0.29) is 12.5 Å². The van der Waals surface area contributed by atoms with Crippen molar-refractivity contribution in [3.05, 3.63) is 65.7 Å². The summed E-state index contributed by atoms with van der Waals surface area (Å²) < 4.78 is 5.38. The van der Waals surface area contributed by atoms with Crippen LogP contribution in [0, 0.1) is 0 Å². The zero-order valence-electron chi connectivity index (χ0n) is 13.8. The molecule has 1 unspecified atom stereocenters. The first-order valence-corrected chi connectivity index (χ1v) is 7.77. The molecular weight excluding hydrogens is 306 g/mol. The number of carbonyl (C=O) groups excluding carboxylic acids is 1. The zero-order chi connectivity index (χ0) is 17.6. The van der Waals surface area contributed by atoms with Crippen LogP contribution in [0.25, 0.3) is 0 Å². The Balaban J connectivity index is 2.14. The van der Waals surface area contributed by atoms with E-state index in [2.05, 4.69) is 5.32 Å². The SMILES string of the molecule is CCOc1cccc(C(=O)NCC(C)(C(=O)O)c2ccccc2)c1. The smallest absolute Gasteiger partial charge is 0.315 e. The van der Waals surface area contributed by atoms with Crippen molar-refractivity contribution in [3.8, 4) is 5.75 Å². The Kier molecular flexibility index (Phi) is 5.58. The van der Waals surface area contributed by atoms with Gasteiger partial charge in [-0.25, -0.2) is 0 Å². The van der Waals surface area contributed by atoms with Crippen LogP contribution < -0.4 is 10.1 Å². The van der Waals surface area contributed by atoms with Gasteiger partial charge in [0.2, 0.25) is 0 Å². The Hall–Kier alpha value is -2.82. The number of rotatable bonds is 7. The van der Waals surface area contributed by atoms with Gasteiger partial charge in [0.25, 0.3) is 5.91 Å². The monoisotopic (exact) mass is 327 g/mol. The van der Waals surface area contributed by atoms with E-state index >= 15 is 0 Å². The molecular formula is C19H21NO4. The lowest BCUT2D eigenvalue weighted by molar-refractivity contribution is -0.142. The van der Waals surface area contributed by atoms with Crippen molar-refractivity contribution in [1.29, 1.82) is 0 Å². The quantitative estimate of drug-likeness (QED) is 0.820. The normalized spacial score (nSPS) is 12.9. The van der Waals surface area contributed by atoms with E-state index in [0.29, 0.717) is 23.5 Å². The van der Waals surface area contributed by atoms with E-state index in [1.54, 1.807) is 55.5 Å². The molecule has 126 valence electrons. The second-order valence-corrected chi connectivity index (χ2v) is 5.65. The van der Waals surface area contributed by atoms with Crippen molar-refractivity contribution >= 4 is 11.9 Å². The third-order valence-corrected chi connectivity index (χ3v) is 3.89. The molecule has 0 spiro atoms. The molecule has 0 aromatic heterocycles. The molecule has 0 fully saturated rings. The predicted molar refractivity (Wildman–Crippen MR) is 91.4 cm³/mol. The largest absolute Gasteiger partial charge is 0.494 e. The first kappa shape index (κ1) is 17.5. The summed E-state index contributed by atoms with van der Waals surface area (Å²) in [6, 6.07) is 15.7. The van der Waals surface area contributed by atoms with E-state index < -0.39 is 11.4 Å².